The van der Waals surface area contributed by atoms with Crippen LogP contribution in [0.15, 0.2) is 30.3 Å². The number of aliphatic hydroxyl groups is 1. The van der Waals surface area contributed by atoms with Gasteiger partial charge in [-0.1, -0.05) is 50.6 Å². The van der Waals surface area contributed by atoms with E-state index >= 15 is 0 Å². The minimum Gasteiger partial charge on any atom is -0.479 e. The molecule has 0 saturated carbocycles. The van der Waals surface area contributed by atoms with Crippen LogP contribution < -0.4 is 0 Å². The Morgan fingerprint density at radius 2 is 1.88 bits per heavy atom. The lowest BCUT2D eigenvalue weighted by Crippen LogP contribution is -2.42. The van der Waals surface area contributed by atoms with E-state index in [1.54, 1.807) is 24.3 Å². The molecule has 1 rings (SSSR count). The quantitative estimate of drug-likeness (QED) is 0.798. The summed E-state index contributed by atoms with van der Waals surface area (Å²) in [5, 5.41) is 19.9. The molecule has 1 aromatic rings. The van der Waals surface area contributed by atoms with Gasteiger partial charge in [-0.25, -0.2) is 4.79 Å². The highest BCUT2D eigenvalue weighted by Gasteiger charge is 2.44. The van der Waals surface area contributed by atoms with Crippen LogP contribution in [0.5, 0.6) is 0 Å². The number of hydrogen-bond acceptors (Lipinski definition) is 2. The number of aliphatic carboxylic acids is 1. The van der Waals surface area contributed by atoms with Crippen molar-refractivity contribution in [3.8, 4) is 0 Å². The Balaban J connectivity index is 3.17. The van der Waals surface area contributed by atoms with Crippen LogP contribution in [0.1, 0.15) is 38.7 Å². The van der Waals surface area contributed by atoms with Gasteiger partial charge in [0.25, 0.3) is 0 Å². The summed E-state index contributed by atoms with van der Waals surface area (Å²) in [6, 6.07) is 8.66. The van der Waals surface area contributed by atoms with E-state index in [1.165, 1.54) is 0 Å². The zero-order chi connectivity index (χ0) is 12.9. The first-order chi connectivity index (χ1) is 8.07. The molecular formula is C14H20O3. The topological polar surface area (TPSA) is 57.5 Å². The van der Waals surface area contributed by atoms with Crippen LogP contribution in [0.25, 0.3) is 0 Å². The molecule has 2 N–H and O–H groups in total. The van der Waals surface area contributed by atoms with Crippen molar-refractivity contribution in [3.63, 3.8) is 0 Å². The number of benzene rings is 1. The predicted molar refractivity (Wildman–Crippen MR) is 66.7 cm³/mol. The van der Waals surface area contributed by atoms with Gasteiger partial charge in [0.1, 0.15) is 0 Å². The SMILES string of the molecule is CCCC(CC)C(O)(C(=O)O)c1ccccc1. The van der Waals surface area contributed by atoms with Crippen LogP contribution in [0.3, 0.4) is 0 Å². The molecule has 0 bridgehead atoms. The van der Waals surface area contributed by atoms with Gasteiger partial charge in [-0.15, -0.1) is 0 Å². The fourth-order valence-electron chi connectivity index (χ4n) is 2.28. The molecule has 0 saturated heterocycles. The molecule has 3 heteroatoms. The minimum absolute atomic E-state index is 0.257. The second-order valence-electron chi connectivity index (χ2n) is 4.33. The lowest BCUT2D eigenvalue weighted by Gasteiger charge is -2.32. The lowest BCUT2D eigenvalue weighted by molar-refractivity contribution is -0.167. The molecule has 2 atom stereocenters. The van der Waals surface area contributed by atoms with Gasteiger partial charge in [-0.3, -0.25) is 0 Å². The molecule has 17 heavy (non-hydrogen) atoms. The number of rotatable bonds is 6. The Bertz CT molecular complexity index is 361. The Hall–Kier alpha value is -1.35. The van der Waals surface area contributed by atoms with Crippen molar-refractivity contribution >= 4 is 5.97 Å². The van der Waals surface area contributed by atoms with Crippen LogP contribution in [0.4, 0.5) is 0 Å². The lowest BCUT2D eigenvalue weighted by atomic mass is 9.77. The van der Waals surface area contributed by atoms with Gasteiger partial charge in [0.05, 0.1) is 0 Å². The maximum Gasteiger partial charge on any atom is 0.340 e. The highest BCUT2D eigenvalue weighted by atomic mass is 16.4. The second kappa shape index (κ2) is 5.82. The normalized spacial score (nSPS) is 16.2. The third kappa shape index (κ3) is 2.67. The summed E-state index contributed by atoms with van der Waals surface area (Å²) in [5.41, 5.74) is -1.31. The van der Waals surface area contributed by atoms with Crippen molar-refractivity contribution in [2.45, 2.75) is 38.7 Å². The van der Waals surface area contributed by atoms with E-state index in [4.69, 9.17) is 0 Å². The number of carboxylic acid groups (broad SMARTS) is 1. The van der Waals surface area contributed by atoms with Crippen LogP contribution in [-0.2, 0) is 10.4 Å². The molecule has 0 aliphatic rings. The summed E-state index contributed by atoms with van der Waals surface area (Å²) in [5.74, 6) is -1.42. The fourth-order valence-corrected chi connectivity index (χ4v) is 2.28. The highest BCUT2D eigenvalue weighted by Crippen LogP contribution is 2.35. The third-order valence-corrected chi connectivity index (χ3v) is 3.26. The van der Waals surface area contributed by atoms with E-state index < -0.39 is 11.6 Å². The first kappa shape index (κ1) is 13.7. The van der Waals surface area contributed by atoms with E-state index in [1.807, 2.05) is 19.9 Å². The fraction of sp³-hybridized carbons (Fsp3) is 0.500. The molecule has 0 aliphatic carbocycles. The summed E-state index contributed by atoms with van der Waals surface area (Å²) >= 11 is 0. The number of hydrogen-bond donors (Lipinski definition) is 2. The molecule has 94 valence electrons. The zero-order valence-corrected chi connectivity index (χ0v) is 10.4. The summed E-state index contributed by atoms with van der Waals surface area (Å²) in [6.07, 6.45) is 2.21. The summed E-state index contributed by atoms with van der Waals surface area (Å²) in [4.78, 5) is 11.4. The highest BCUT2D eigenvalue weighted by molar-refractivity contribution is 5.79. The van der Waals surface area contributed by atoms with Crippen molar-refractivity contribution in [3.05, 3.63) is 35.9 Å². The number of carbonyl (C=O) groups is 1. The molecule has 2 unspecified atom stereocenters. The van der Waals surface area contributed by atoms with Gasteiger partial charge in [0.15, 0.2) is 5.60 Å². The Morgan fingerprint density at radius 3 is 2.29 bits per heavy atom. The molecule has 0 radical (unpaired) electrons. The average Bonchev–Trinajstić information content (AvgIpc) is 2.35. The smallest absolute Gasteiger partial charge is 0.340 e. The van der Waals surface area contributed by atoms with Crippen LogP contribution in [0, 0.1) is 5.92 Å². The van der Waals surface area contributed by atoms with Gasteiger partial charge in [-0.05, 0) is 18.4 Å². The van der Waals surface area contributed by atoms with Crippen molar-refractivity contribution in [2.75, 3.05) is 0 Å². The minimum atomic E-state index is -1.77. The van der Waals surface area contributed by atoms with Crippen molar-refractivity contribution in [1.82, 2.24) is 0 Å². The third-order valence-electron chi connectivity index (χ3n) is 3.26. The molecule has 0 aliphatic heterocycles. The average molecular weight is 236 g/mol. The monoisotopic (exact) mass is 236 g/mol. The first-order valence-corrected chi connectivity index (χ1v) is 6.08. The second-order valence-corrected chi connectivity index (χ2v) is 4.33. The summed E-state index contributed by atoms with van der Waals surface area (Å²) in [7, 11) is 0. The Labute approximate surface area is 102 Å². The van der Waals surface area contributed by atoms with Crippen LogP contribution in [-0.4, -0.2) is 16.2 Å². The van der Waals surface area contributed by atoms with E-state index in [0.717, 1.165) is 6.42 Å². The van der Waals surface area contributed by atoms with E-state index in [-0.39, 0.29) is 5.92 Å². The molecule has 0 fully saturated rings. The van der Waals surface area contributed by atoms with Crippen LogP contribution >= 0.6 is 0 Å². The number of carboxylic acids is 1. The van der Waals surface area contributed by atoms with Gasteiger partial charge >= 0.3 is 5.97 Å². The maximum atomic E-state index is 11.4. The molecule has 0 amide bonds. The molecule has 3 nitrogen and oxygen atoms in total. The molecule has 1 aromatic carbocycles. The first-order valence-electron chi connectivity index (χ1n) is 6.08. The largest absolute Gasteiger partial charge is 0.479 e. The standard InChI is InChI=1S/C14H20O3/c1-3-8-11(4-2)14(17,13(15)16)12-9-6-5-7-10-12/h5-7,9-11,17H,3-4,8H2,1-2H3,(H,15,16). The van der Waals surface area contributed by atoms with E-state index in [0.29, 0.717) is 18.4 Å². The van der Waals surface area contributed by atoms with Gasteiger partial charge < -0.3 is 10.2 Å². The van der Waals surface area contributed by atoms with Gasteiger partial charge in [-0.2, -0.15) is 0 Å². The van der Waals surface area contributed by atoms with Crippen molar-refractivity contribution < 1.29 is 15.0 Å². The molecule has 0 aromatic heterocycles. The maximum absolute atomic E-state index is 11.4. The molecule has 0 heterocycles. The predicted octanol–water partition coefficient (Wildman–Crippen LogP) is 2.79. The zero-order valence-electron chi connectivity index (χ0n) is 10.4. The molecular weight excluding hydrogens is 216 g/mol. The van der Waals surface area contributed by atoms with Gasteiger partial charge in [0, 0.05) is 5.92 Å². The van der Waals surface area contributed by atoms with Crippen molar-refractivity contribution in [2.24, 2.45) is 5.92 Å². The Morgan fingerprint density at radius 1 is 1.29 bits per heavy atom. The van der Waals surface area contributed by atoms with E-state index in [2.05, 4.69) is 0 Å². The summed E-state index contributed by atoms with van der Waals surface area (Å²) < 4.78 is 0. The van der Waals surface area contributed by atoms with Crippen LogP contribution in [0.2, 0.25) is 0 Å². The van der Waals surface area contributed by atoms with E-state index in [9.17, 15) is 15.0 Å². The molecule has 0 spiro atoms. The van der Waals surface area contributed by atoms with Crippen molar-refractivity contribution in [1.29, 1.82) is 0 Å². The van der Waals surface area contributed by atoms with Gasteiger partial charge in [0.2, 0.25) is 0 Å². The summed E-state index contributed by atoms with van der Waals surface area (Å²) in [6.45, 7) is 3.91. The Kier molecular flexibility index (Phi) is 4.70.